The van der Waals surface area contributed by atoms with Crippen molar-refractivity contribution in [3.63, 3.8) is 0 Å². The number of pyridine rings is 1. The van der Waals surface area contributed by atoms with Gasteiger partial charge in [0.2, 0.25) is 0 Å². The fraction of sp³-hybridized carbons (Fsp3) is 0. The van der Waals surface area contributed by atoms with E-state index in [9.17, 15) is 9.36 Å². The number of aromatic carboxylic acids is 1. The van der Waals surface area contributed by atoms with Crippen LogP contribution in [0.5, 0.6) is 0 Å². The Morgan fingerprint density at radius 2 is 2.06 bits per heavy atom. The van der Waals surface area contributed by atoms with Gasteiger partial charge in [-0.3, -0.25) is 8.97 Å². The maximum absolute atomic E-state index is 11.2. The van der Waals surface area contributed by atoms with Crippen LogP contribution in [-0.4, -0.2) is 30.2 Å². The van der Waals surface area contributed by atoms with Crippen LogP contribution in [0.1, 0.15) is 10.5 Å². The van der Waals surface area contributed by atoms with Crippen LogP contribution in [0.25, 0.3) is 5.65 Å². The van der Waals surface area contributed by atoms with E-state index in [2.05, 4.69) is 4.98 Å². The Morgan fingerprint density at radius 3 is 2.62 bits per heavy atom. The zero-order valence-corrected chi connectivity index (χ0v) is 8.70. The largest absolute Gasteiger partial charge is 0.477 e. The quantitative estimate of drug-likeness (QED) is 0.630. The smallest absolute Gasteiger partial charge is 0.372 e. The average Bonchev–Trinajstić information content (AvgIpc) is 2.58. The Kier molecular flexibility index (Phi) is 2.31. The van der Waals surface area contributed by atoms with Gasteiger partial charge in [-0.05, 0) is 12.1 Å². The van der Waals surface area contributed by atoms with Gasteiger partial charge < -0.3 is 14.9 Å². The zero-order chi connectivity index (χ0) is 11.9. The number of hydrogen-bond donors (Lipinski definition) is 3. The fourth-order valence-corrected chi connectivity index (χ4v) is 2.15. The van der Waals surface area contributed by atoms with E-state index in [1.165, 1.54) is 18.2 Å². The van der Waals surface area contributed by atoms with E-state index in [1.54, 1.807) is 0 Å². The van der Waals surface area contributed by atoms with Gasteiger partial charge in [0.15, 0.2) is 5.69 Å². The van der Waals surface area contributed by atoms with E-state index in [0.717, 1.165) is 10.6 Å². The molecule has 2 aromatic rings. The summed E-state index contributed by atoms with van der Waals surface area (Å²) in [7, 11) is -4.54. The third kappa shape index (κ3) is 1.61. The van der Waals surface area contributed by atoms with Crippen molar-refractivity contribution in [2.75, 3.05) is 0 Å². The monoisotopic (exact) mass is 242 g/mol. The summed E-state index contributed by atoms with van der Waals surface area (Å²) in [6.07, 6.45) is 1.05. The lowest BCUT2D eigenvalue weighted by molar-refractivity contribution is 0.0689. The number of nitrogens with zero attached hydrogens (tertiary/aromatic N) is 2. The molecular weight excluding hydrogens is 235 g/mol. The SMILES string of the molecule is O=C(O)c1cnc2cccc(P(=O)(O)O)n12. The molecule has 0 unspecified atom stereocenters. The molecule has 0 aliphatic rings. The molecule has 0 aliphatic carbocycles. The van der Waals surface area contributed by atoms with Crippen LogP contribution in [0.15, 0.2) is 24.4 Å². The van der Waals surface area contributed by atoms with Crippen molar-refractivity contribution in [1.82, 2.24) is 9.38 Å². The number of carbonyl (C=O) groups is 1. The Labute approximate surface area is 89.1 Å². The van der Waals surface area contributed by atoms with Gasteiger partial charge in [0, 0.05) is 0 Å². The number of imidazole rings is 1. The zero-order valence-electron chi connectivity index (χ0n) is 7.81. The van der Waals surface area contributed by atoms with Gasteiger partial charge in [-0.15, -0.1) is 0 Å². The Bertz CT molecular complexity index is 614. The molecule has 0 saturated heterocycles. The molecule has 2 heterocycles. The topological polar surface area (TPSA) is 112 Å². The second kappa shape index (κ2) is 3.41. The van der Waals surface area contributed by atoms with Gasteiger partial charge in [-0.25, -0.2) is 9.78 Å². The van der Waals surface area contributed by atoms with Crippen molar-refractivity contribution in [3.05, 3.63) is 30.1 Å². The van der Waals surface area contributed by atoms with E-state index >= 15 is 0 Å². The van der Waals surface area contributed by atoms with Crippen molar-refractivity contribution < 1.29 is 24.3 Å². The molecule has 0 radical (unpaired) electrons. The third-order valence-corrected chi connectivity index (χ3v) is 2.97. The van der Waals surface area contributed by atoms with Crippen LogP contribution in [0.2, 0.25) is 0 Å². The highest BCUT2D eigenvalue weighted by molar-refractivity contribution is 7.60. The highest BCUT2D eigenvalue weighted by Crippen LogP contribution is 2.33. The molecule has 8 heteroatoms. The summed E-state index contributed by atoms with van der Waals surface area (Å²) in [5, 5.41) is 8.85. The van der Waals surface area contributed by atoms with Crippen molar-refractivity contribution >= 4 is 24.6 Å². The molecule has 0 amide bonds. The highest BCUT2D eigenvalue weighted by Gasteiger charge is 2.24. The first-order valence-corrected chi connectivity index (χ1v) is 5.78. The van der Waals surface area contributed by atoms with Crippen LogP contribution in [0.4, 0.5) is 0 Å². The summed E-state index contributed by atoms with van der Waals surface area (Å²) >= 11 is 0. The molecular formula is C8H7N2O5P. The molecule has 0 spiro atoms. The highest BCUT2D eigenvalue weighted by atomic mass is 31.2. The van der Waals surface area contributed by atoms with Crippen molar-refractivity contribution in [2.45, 2.75) is 0 Å². The summed E-state index contributed by atoms with van der Waals surface area (Å²) < 4.78 is 12.1. The number of aromatic nitrogens is 2. The maximum atomic E-state index is 11.2. The van der Waals surface area contributed by atoms with E-state index in [-0.39, 0.29) is 16.8 Å². The minimum absolute atomic E-state index is 0.179. The lowest BCUT2D eigenvalue weighted by atomic mass is 10.4. The van der Waals surface area contributed by atoms with Crippen LogP contribution in [0.3, 0.4) is 0 Å². The molecule has 0 aromatic carbocycles. The molecule has 2 rings (SSSR count). The second-order valence-electron chi connectivity index (χ2n) is 3.07. The number of carboxylic acids is 1. The van der Waals surface area contributed by atoms with E-state index in [4.69, 9.17) is 14.9 Å². The minimum Gasteiger partial charge on any atom is -0.477 e. The first-order chi connectivity index (χ1) is 7.41. The summed E-state index contributed by atoms with van der Waals surface area (Å²) in [4.78, 5) is 32.8. The number of fused-ring (bicyclic) bond motifs is 1. The van der Waals surface area contributed by atoms with Crippen LogP contribution in [-0.2, 0) is 4.57 Å². The molecule has 0 saturated carbocycles. The molecule has 7 nitrogen and oxygen atoms in total. The first-order valence-electron chi connectivity index (χ1n) is 4.17. The lowest BCUT2D eigenvalue weighted by Crippen LogP contribution is -2.18. The van der Waals surface area contributed by atoms with Gasteiger partial charge >= 0.3 is 13.6 Å². The standard InChI is InChI=1S/C8H7N2O5P/c11-8(12)5-4-9-6-2-1-3-7(10(5)6)16(13,14)15/h1-4H,(H,11,12)(H2,13,14,15). The summed E-state index contributed by atoms with van der Waals surface area (Å²) in [6.45, 7) is 0. The average molecular weight is 242 g/mol. The van der Waals surface area contributed by atoms with Gasteiger partial charge in [-0.2, -0.15) is 0 Å². The molecule has 3 N–H and O–H groups in total. The second-order valence-corrected chi connectivity index (χ2v) is 4.62. The minimum atomic E-state index is -4.54. The van der Waals surface area contributed by atoms with Crippen LogP contribution < -0.4 is 5.44 Å². The van der Waals surface area contributed by atoms with Gasteiger partial charge in [-0.1, -0.05) is 6.07 Å². The van der Waals surface area contributed by atoms with Crippen molar-refractivity contribution in [1.29, 1.82) is 0 Å². The van der Waals surface area contributed by atoms with Gasteiger partial charge in [0.05, 0.1) is 6.20 Å². The molecule has 0 bridgehead atoms. The molecule has 0 fully saturated rings. The Balaban J connectivity index is 2.89. The molecule has 0 aliphatic heterocycles. The summed E-state index contributed by atoms with van der Waals surface area (Å²) in [5.41, 5.74) is -0.493. The fourth-order valence-electron chi connectivity index (χ4n) is 1.40. The molecule has 16 heavy (non-hydrogen) atoms. The van der Waals surface area contributed by atoms with Crippen LogP contribution >= 0.6 is 7.60 Å². The van der Waals surface area contributed by atoms with E-state index in [0.29, 0.717) is 0 Å². The van der Waals surface area contributed by atoms with Crippen molar-refractivity contribution in [3.8, 4) is 0 Å². The Morgan fingerprint density at radius 1 is 1.38 bits per heavy atom. The number of hydrogen-bond acceptors (Lipinski definition) is 3. The normalized spacial score (nSPS) is 11.9. The third-order valence-electron chi connectivity index (χ3n) is 2.03. The predicted molar refractivity (Wildman–Crippen MR) is 53.8 cm³/mol. The Hall–Kier alpha value is -1.69. The summed E-state index contributed by atoms with van der Waals surface area (Å²) in [5.74, 6) is -1.30. The first kappa shape index (κ1) is 10.8. The lowest BCUT2D eigenvalue weighted by Gasteiger charge is -2.07. The summed E-state index contributed by atoms with van der Waals surface area (Å²) in [6, 6.07) is 4.04. The predicted octanol–water partition coefficient (Wildman–Crippen LogP) is -0.165. The maximum Gasteiger partial charge on any atom is 0.372 e. The number of carboxylic acid groups (broad SMARTS) is 1. The van der Waals surface area contributed by atoms with E-state index < -0.39 is 13.6 Å². The molecule has 0 atom stereocenters. The van der Waals surface area contributed by atoms with Crippen LogP contribution in [0, 0.1) is 0 Å². The molecule has 2 aromatic heterocycles. The van der Waals surface area contributed by atoms with Gasteiger partial charge in [0.1, 0.15) is 11.1 Å². The number of rotatable bonds is 2. The van der Waals surface area contributed by atoms with Gasteiger partial charge in [0.25, 0.3) is 0 Å². The van der Waals surface area contributed by atoms with Crippen molar-refractivity contribution in [2.24, 2.45) is 0 Å². The van der Waals surface area contributed by atoms with E-state index in [1.807, 2.05) is 0 Å². The molecule has 84 valence electrons.